The van der Waals surface area contributed by atoms with Gasteiger partial charge >= 0.3 is 0 Å². The zero-order valence-corrected chi connectivity index (χ0v) is 17.2. The SMILES string of the molecule is C[C@@H]1CN(n2c(-c3cccnc3N)nc3ccc(-c4ccccc4)nc32)C[C@@H](C)N1. The monoisotopic (exact) mass is 399 g/mol. The van der Waals surface area contributed by atoms with Crippen molar-refractivity contribution in [1.82, 2.24) is 24.9 Å². The predicted octanol–water partition coefficient (Wildman–Crippen LogP) is 3.06. The summed E-state index contributed by atoms with van der Waals surface area (Å²) in [5.74, 6) is 1.24. The van der Waals surface area contributed by atoms with Crippen LogP contribution in [0.1, 0.15) is 13.8 Å². The number of rotatable bonds is 3. The lowest BCUT2D eigenvalue weighted by atomic mass is 10.1. The van der Waals surface area contributed by atoms with Gasteiger partial charge in [0.25, 0.3) is 0 Å². The molecule has 0 radical (unpaired) electrons. The Kier molecular flexibility index (Phi) is 4.59. The zero-order chi connectivity index (χ0) is 20.7. The number of nitrogens with one attached hydrogen (secondary N) is 1. The van der Waals surface area contributed by atoms with Crippen LogP contribution in [0.3, 0.4) is 0 Å². The highest BCUT2D eigenvalue weighted by Gasteiger charge is 2.27. The average Bonchev–Trinajstić information content (AvgIpc) is 3.12. The second-order valence-electron chi connectivity index (χ2n) is 7.93. The Labute approximate surface area is 175 Å². The summed E-state index contributed by atoms with van der Waals surface area (Å²) < 4.78 is 2.13. The van der Waals surface area contributed by atoms with Gasteiger partial charge in [-0.25, -0.2) is 19.6 Å². The minimum absolute atomic E-state index is 0.350. The maximum atomic E-state index is 6.23. The third-order valence-electron chi connectivity index (χ3n) is 5.45. The molecular formula is C23H25N7. The molecule has 4 aromatic rings. The normalized spacial score (nSPS) is 19.3. The molecule has 0 aliphatic carbocycles. The fourth-order valence-corrected chi connectivity index (χ4v) is 4.23. The number of aromatic nitrogens is 4. The van der Waals surface area contributed by atoms with E-state index in [9.17, 15) is 0 Å². The molecule has 0 unspecified atom stereocenters. The van der Waals surface area contributed by atoms with Crippen molar-refractivity contribution in [2.75, 3.05) is 23.8 Å². The Morgan fingerprint density at radius 3 is 2.43 bits per heavy atom. The van der Waals surface area contributed by atoms with Crippen LogP contribution < -0.4 is 16.1 Å². The number of fused-ring (bicyclic) bond motifs is 1. The highest BCUT2D eigenvalue weighted by Crippen LogP contribution is 2.29. The molecule has 0 spiro atoms. The molecule has 7 heteroatoms. The summed E-state index contributed by atoms with van der Waals surface area (Å²) in [4.78, 5) is 14.2. The highest BCUT2D eigenvalue weighted by molar-refractivity contribution is 5.82. The highest BCUT2D eigenvalue weighted by atomic mass is 15.6. The van der Waals surface area contributed by atoms with Crippen molar-refractivity contribution in [3.8, 4) is 22.6 Å². The van der Waals surface area contributed by atoms with E-state index in [4.69, 9.17) is 15.7 Å². The van der Waals surface area contributed by atoms with Gasteiger partial charge in [0.15, 0.2) is 11.5 Å². The second-order valence-corrected chi connectivity index (χ2v) is 7.93. The van der Waals surface area contributed by atoms with Crippen molar-refractivity contribution in [3.05, 3.63) is 60.8 Å². The number of nitrogens with two attached hydrogens (primary N) is 1. The Morgan fingerprint density at radius 2 is 1.70 bits per heavy atom. The van der Waals surface area contributed by atoms with Gasteiger partial charge in [0, 0.05) is 36.9 Å². The number of piperazine rings is 1. The molecule has 1 saturated heterocycles. The number of anilines is 1. The van der Waals surface area contributed by atoms with Gasteiger partial charge in [-0.2, -0.15) is 0 Å². The molecule has 1 aliphatic heterocycles. The van der Waals surface area contributed by atoms with Gasteiger partial charge in [0.2, 0.25) is 0 Å². The molecule has 3 aromatic heterocycles. The van der Waals surface area contributed by atoms with Gasteiger partial charge in [-0.3, -0.25) is 0 Å². The Balaban J connectivity index is 1.74. The maximum absolute atomic E-state index is 6.23. The number of nitrogen functional groups attached to an aromatic ring is 1. The van der Waals surface area contributed by atoms with E-state index in [0.29, 0.717) is 17.9 Å². The minimum atomic E-state index is 0.350. The van der Waals surface area contributed by atoms with E-state index in [-0.39, 0.29) is 0 Å². The summed E-state index contributed by atoms with van der Waals surface area (Å²) in [5, 5.41) is 5.90. The van der Waals surface area contributed by atoms with Gasteiger partial charge < -0.3 is 16.1 Å². The van der Waals surface area contributed by atoms with Gasteiger partial charge in [0.05, 0.1) is 11.3 Å². The fraction of sp³-hybridized carbons (Fsp3) is 0.261. The van der Waals surface area contributed by atoms with Crippen molar-refractivity contribution >= 4 is 17.0 Å². The van der Waals surface area contributed by atoms with Crippen molar-refractivity contribution in [2.45, 2.75) is 25.9 Å². The average molecular weight is 400 g/mol. The molecule has 0 bridgehead atoms. The lowest BCUT2D eigenvalue weighted by Gasteiger charge is -2.38. The zero-order valence-electron chi connectivity index (χ0n) is 17.2. The number of hydrogen-bond donors (Lipinski definition) is 2. The first kappa shape index (κ1) is 18.6. The Morgan fingerprint density at radius 1 is 0.933 bits per heavy atom. The lowest BCUT2D eigenvalue weighted by molar-refractivity contribution is 0.363. The molecule has 3 N–H and O–H groups in total. The van der Waals surface area contributed by atoms with E-state index < -0.39 is 0 Å². The number of imidazole rings is 1. The first-order chi connectivity index (χ1) is 14.6. The van der Waals surface area contributed by atoms with Crippen LogP contribution in [0.15, 0.2) is 60.8 Å². The molecular weight excluding hydrogens is 374 g/mol. The van der Waals surface area contributed by atoms with Gasteiger partial charge in [-0.05, 0) is 38.1 Å². The van der Waals surface area contributed by atoms with E-state index in [1.807, 2.05) is 42.5 Å². The summed E-state index contributed by atoms with van der Waals surface area (Å²) in [5.41, 5.74) is 10.7. The summed E-state index contributed by atoms with van der Waals surface area (Å²) in [6, 6.07) is 18.8. The van der Waals surface area contributed by atoms with E-state index in [0.717, 1.165) is 46.9 Å². The van der Waals surface area contributed by atoms with Gasteiger partial charge in [-0.1, -0.05) is 30.3 Å². The van der Waals surface area contributed by atoms with E-state index in [2.05, 4.69) is 46.0 Å². The van der Waals surface area contributed by atoms with Crippen LogP contribution in [-0.2, 0) is 0 Å². The molecule has 0 saturated carbocycles. The van der Waals surface area contributed by atoms with Crippen LogP contribution in [0.2, 0.25) is 0 Å². The molecule has 1 aliphatic rings. The maximum Gasteiger partial charge on any atom is 0.180 e. The van der Waals surface area contributed by atoms with Crippen LogP contribution >= 0.6 is 0 Å². The number of nitrogens with zero attached hydrogens (tertiary/aromatic N) is 5. The smallest absolute Gasteiger partial charge is 0.180 e. The molecule has 1 fully saturated rings. The molecule has 5 rings (SSSR count). The van der Waals surface area contributed by atoms with E-state index in [1.54, 1.807) is 6.20 Å². The fourth-order valence-electron chi connectivity index (χ4n) is 4.23. The van der Waals surface area contributed by atoms with Crippen molar-refractivity contribution in [3.63, 3.8) is 0 Å². The molecule has 152 valence electrons. The van der Waals surface area contributed by atoms with Crippen LogP contribution in [0.5, 0.6) is 0 Å². The van der Waals surface area contributed by atoms with Crippen LogP contribution in [0, 0.1) is 0 Å². The Hall–Kier alpha value is -3.45. The molecule has 4 heterocycles. The second kappa shape index (κ2) is 7.42. The summed E-state index contributed by atoms with van der Waals surface area (Å²) in [7, 11) is 0. The minimum Gasteiger partial charge on any atom is -0.383 e. The third kappa shape index (κ3) is 3.27. The number of pyridine rings is 2. The summed E-state index contributed by atoms with van der Waals surface area (Å²) in [6.07, 6.45) is 1.70. The van der Waals surface area contributed by atoms with Gasteiger partial charge in [-0.15, -0.1) is 0 Å². The van der Waals surface area contributed by atoms with Crippen molar-refractivity contribution in [2.24, 2.45) is 0 Å². The Bertz CT molecular complexity index is 1170. The van der Waals surface area contributed by atoms with E-state index >= 15 is 0 Å². The first-order valence-electron chi connectivity index (χ1n) is 10.3. The standard InChI is InChI=1S/C23H25N7/c1-15-13-29(14-16(2)26-15)30-22(18-9-6-12-25-21(18)24)28-20-11-10-19(27-23(20)30)17-7-4-3-5-8-17/h3-12,15-16,26H,13-14H2,1-2H3,(H2,24,25)/t15-,16-/m1/s1. The largest absolute Gasteiger partial charge is 0.383 e. The van der Waals surface area contributed by atoms with Crippen LogP contribution in [0.25, 0.3) is 33.8 Å². The van der Waals surface area contributed by atoms with Gasteiger partial charge in [0.1, 0.15) is 11.3 Å². The third-order valence-corrected chi connectivity index (χ3v) is 5.45. The topological polar surface area (TPSA) is 84.9 Å². The quantitative estimate of drug-likeness (QED) is 0.551. The van der Waals surface area contributed by atoms with Crippen LogP contribution in [-0.4, -0.2) is 44.8 Å². The van der Waals surface area contributed by atoms with Crippen molar-refractivity contribution in [1.29, 1.82) is 0 Å². The molecule has 0 amide bonds. The molecule has 1 aromatic carbocycles. The summed E-state index contributed by atoms with van der Waals surface area (Å²) >= 11 is 0. The molecule has 30 heavy (non-hydrogen) atoms. The number of hydrogen-bond acceptors (Lipinski definition) is 6. The summed E-state index contributed by atoms with van der Waals surface area (Å²) in [6.45, 7) is 6.09. The first-order valence-corrected chi connectivity index (χ1v) is 10.3. The molecule has 7 nitrogen and oxygen atoms in total. The van der Waals surface area contributed by atoms with Crippen LogP contribution in [0.4, 0.5) is 5.82 Å². The molecule has 2 atom stereocenters. The predicted molar refractivity (Wildman–Crippen MR) is 121 cm³/mol. The lowest BCUT2D eigenvalue weighted by Crippen LogP contribution is -2.58. The number of benzene rings is 1. The van der Waals surface area contributed by atoms with Crippen molar-refractivity contribution < 1.29 is 0 Å². The van der Waals surface area contributed by atoms with E-state index in [1.165, 1.54) is 0 Å².